The van der Waals surface area contributed by atoms with Gasteiger partial charge in [0.2, 0.25) is 0 Å². The molecule has 0 unspecified atom stereocenters. The van der Waals surface area contributed by atoms with Crippen LogP contribution < -0.4 is 10.6 Å². The first-order valence-electron chi connectivity index (χ1n) is 6.87. The van der Waals surface area contributed by atoms with Gasteiger partial charge in [0.1, 0.15) is 0 Å². The van der Waals surface area contributed by atoms with Crippen LogP contribution in [0.4, 0.5) is 11.4 Å². The molecule has 2 rings (SSSR count). The van der Waals surface area contributed by atoms with Crippen molar-refractivity contribution >= 4 is 39.9 Å². The third-order valence-corrected chi connectivity index (χ3v) is 3.67. The number of pyridine rings is 1. The highest BCUT2D eigenvalue weighted by atomic mass is 127. The third-order valence-electron chi connectivity index (χ3n) is 2.95. The number of hydrogen-bond acceptors (Lipinski definition) is 3. The maximum Gasteiger partial charge on any atom is 0.259 e. The molecule has 0 aliphatic heterocycles. The van der Waals surface area contributed by atoms with Crippen molar-refractivity contribution in [3.8, 4) is 0 Å². The van der Waals surface area contributed by atoms with Gasteiger partial charge < -0.3 is 10.6 Å². The molecule has 0 radical (unpaired) electrons. The predicted molar refractivity (Wildman–Crippen MR) is 94.9 cm³/mol. The second-order valence-electron chi connectivity index (χ2n) is 4.76. The van der Waals surface area contributed by atoms with Crippen molar-refractivity contribution in [2.24, 2.45) is 0 Å². The zero-order valence-electron chi connectivity index (χ0n) is 12.1. The Morgan fingerprint density at radius 1 is 1.29 bits per heavy atom. The number of rotatable bonds is 5. The number of aromatic nitrogens is 1. The molecule has 1 amide bonds. The summed E-state index contributed by atoms with van der Waals surface area (Å²) in [5.41, 5.74) is 3.06. The molecule has 1 aromatic heterocycles. The van der Waals surface area contributed by atoms with Crippen LogP contribution in [0.2, 0.25) is 0 Å². The van der Waals surface area contributed by atoms with Crippen LogP contribution >= 0.6 is 22.6 Å². The van der Waals surface area contributed by atoms with Crippen molar-refractivity contribution in [3.63, 3.8) is 0 Å². The lowest BCUT2D eigenvalue weighted by atomic mass is 10.2. The van der Waals surface area contributed by atoms with E-state index < -0.39 is 0 Å². The number of anilines is 2. The number of benzene rings is 1. The summed E-state index contributed by atoms with van der Waals surface area (Å²) in [4.78, 5) is 16.6. The SMILES string of the molecule is CCCNc1cc(C)ncc1C(=O)Nc1ccc(I)cc1. The smallest absolute Gasteiger partial charge is 0.259 e. The monoisotopic (exact) mass is 395 g/mol. The largest absolute Gasteiger partial charge is 0.384 e. The Balaban J connectivity index is 2.19. The van der Waals surface area contributed by atoms with Gasteiger partial charge in [-0.1, -0.05) is 6.92 Å². The Kier molecular flexibility index (Phi) is 5.55. The van der Waals surface area contributed by atoms with Gasteiger partial charge in [0.15, 0.2) is 0 Å². The number of carbonyl (C=O) groups is 1. The molecule has 21 heavy (non-hydrogen) atoms. The summed E-state index contributed by atoms with van der Waals surface area (Å²) in [5, 5.41) is 6.18. The lowest BCUT2D eigenvalue weighted by Gasteiger charge is -2.12. The standard InChI is InChI=1S/C16H18IN3O/c1-3-8-18-15-9-11(2)19-10-14(15)16(21)20-13-6-4-12(17)5-7-13/h4-7,9-10H,3,8H2,1-2H3,(H,18,19)(H,20,21). The summed E-state index contributed by atoms with van der Waals surface area (Å²) in [5.74, 6) is -0.151. The zero-order chi connectivity index (χ0) is 15.2. The minimum atomic E-state index is -0.151. The van der Waals surface area contributed by atoms with Crippen molar-refractivity contribution in [1.82, 2.24) is 4.98 Å². The first kappa shape index (κ1) is 15.8. The summed E-state index contributed by atoms with van der Waals surface area (Å²) < 4.78 is 1.13. The number of aryl methyl sites for hydroxylation is 1. The van der Waals surface area contributed by atoms with Gasteiger partial charge in [-0.05, 0) is 66.3 Å². The average molecular weight is 395 g/mol. The summed E-state index contributed by atoms with van der Waals surface area (Å²) >= 11 is 2.23. The van der Waals surface area contributed by atoms with E-state index in [1.54, 1.807) is 6.20 Å². The van der Waals surface area contributed by atoms with Gasteiger partial charge >= 0.3 is 0 Å². The van der Waals surface area contributed by atoms with Crippen molar-refractivity contribution in [3.05, 3.63) is 51.4 Å². The van der Waals surface area contributed by atoms with Gasteiger partial charge in [-0.15, -0.1) is 0 Å². The topological polar surface area (TPSA) is 54.0 Å². The van der Waals surface area contributed by atoms with Crippen molar-refractivity contribution < 1.29 is 4.79 Å². The third kappa shape index (κ3) is 4.42. The number of hydrogen-bond donors (Lipinski definition) is 2. The van der Waals surface area contributed by atoms with E-state index in [1.165, 1.54) is 0 Å². The van der Waals surface area contributed by atoms with Crippen molar-refractivity contribution in [2.45, 2.75) is 20.3 Å². The maximum absolute atomic E-state index is 12.4. The van der Waals surface area contributed by atoms with Crippen LogP contribution in [0.1, 0.15) is 29.4 Å². The molecule has 0 fully saturated rings. The fraction of sp³-hybridized carbons (Fsp3) is 0.250. The molecular weight excluding hydrogens is 377 g/mol. The quantitative estimate of drug-likeness (QED) is 0.751. The number of amides is 1. The lowest BCUT2D eigenvalue weighted by Crippen LogP contribution is -2.16. The molecule has 0 saturated carbocycles. The van der Waals surface area contributed by atoms with Crippen LogP contribution in [-0.2, 0) is 0 Å². The molecule has 1 heterocycles. The van der Waals surface area contributed by atoms with Gasteiger partial charge in [-0.25, -0.2) is 0 Å². The minimum absolute atomic E-state index is 0.151. The number of carbonyl (C=O) groups excluding carboxylic acids is 1. The Labute approximate surface area is 138 Å². The molecule has 0 spiro atoms. The van der Waals surface area contributed by atoms with E-state index in [1.807, 2.05) is 37.3 Å². The number of nitrogens with zero attached hydrogens (tertiary/aromatic N) is 1. The van der Waals surface area contributed by atoms with E-state index in [2.05, 4.69) is 45.1 Å². The van der Waals surface area contributed by atoms with Gasteiger partial charge in [0, 0.05) is 27.7 Å². The minimum Gasteiger partial charge on any atom is -0.384 e. The van der Waals surface area contributed by atoms with Crippen molar-refractivity contribution in [1.29, 1.82) is 0 Å². The molecule has 0 bridgehead atoms. The van der Waals surface area contributed by atoms with Crippen LogP contribution in [0.25, 0.3) is 0 Å². The average Bonchev–Trinajstić information content (AvgIpc) is 2.47. The highest BCUT2D eigenvalue weighted by molar-refractivity contribution is 14.1. The second-order valence-corrected chi connectivity index (χ2v) is 6.00. The Morgan fingerprint density at radius 2 is 2.00 bits per heavy atom. The molecule has 0 atom stereocenters. The van der Waals surface area contributed by atoms with E-state index in [4.69, 9.17) is 0 Å². The second kappa shape index (κ2) is 7.40. The van der Waals surface area contributed by atoms with Crippen LogP contribution in [0.5, 0.6) is 0 Å². The Bertz CT molecular complexity index is 626. The molecule has 1 aromatic carbocycles. The molecular formula is C16H18IN3O. The summed E-state index contributed by atoms with van der Waals surface area (Å²) in [6, 6.07) is 9.60. The van der Waals surface area contributed by atoms with E-state index in [0.717, 1.165) is 33.6 Å². The molecule has 0 saturated heterocycles. The Hall–Kier alpha value is -1.63. The normalized spacial score (nSPS) is 10.2. The van der Waals surface area contributed by atoms with Crippen LogP contribution in [-0.4, -0.2) is 17.4 Å². The van der Waals surface area contributed by atoms with Crippen LogP contribution in [0, 0.1) is 10.5 Å². The van der Waals surface area contributed by atoms with Gasteiger partial charge in [0.05, 0.1) is 11.3 Å². The lowest BCUT2D eigenvalue weighted by molar-refractivity contribution is 0.102. The van der Waals surface area contributed by atoms with Gasteiger partial charge in [-0.3, -0.25) is 9.78 Å². The molecule has 0 aliphatic rings. The number of nitrogens with one attached hydrogen (secondary N) is 2. The van der Waals surface area contributed by atoms with Crippen LogP contribution in [0.3, 0.4) is 0 Å². The maximum atomic E-state index is 12.4. The Morgan fingerprint density at radius 3 is 2.67 bits per heavy atom. The zero-order valence-corrected chi connectivity index (χ0v) is 14.3. The summed E-state index contributed by atoms with van der Waals surface area (Å²) in [7, 11) is 0. The van der Waals surface area contributed by atoms with Crippen molar-refractivity contribution in [2.75, 3.05) is 17.2 Å². The summed E-state index contributed by atoms with van der Waals surface area (Å²) in [6.45, 7) is 4.83. The van der Waals surface area contributed by atoms with E-state index >= 15 is 0 Å². The first-order valence-corrected chi connectivity index (χ1v) is 7.95. The fourth-order valence-corrected chi connectivity index (χ4v) is 2.24. The molecule has 2 aromatic rings. The highest BCUT2D eigenvalue weighted by Gasteiger charge is 2.12. The van der Waals surface area contributed by atoms with Gasteiger partial charge in [-0.2, -0.15) is 0 Å². The predicted octanol–water partition coefficient (Wildman–Crippen LogP) is 4.07. The molecule has 0 aliphatic carbocycles. The van der Waals surface area contributed by atoms with Crippen LogP contribution in [0.15, 0.2) is 36.5 Å². The summed E-state index contributed by atoms with van der Waals surface area (Å²) in [6.07, 6.45) is 2.62. The highest BCUT2D eigenvalue weighted by Crippen LogP contribution is 2.18. The number of halogens is 1. The molecule has 2 N–H and O–H groups in total. The van der Waals surface area contributed by atoms with E-state index in [0.29, 0.717) is 5.56 Å². The molecule has 4 nitrogen and oxygen atoms in total. The van der Waals surface area contributed by atoms with Gasteiger partial charge in [0.25, 0.3) is 5.91 Å². The first-order chi connectivity index (χ1) is 10.1. The fourth-order valence-electron chi connectivity index (χ4n) is 1.88. The molecule has 5 heteroatoms. The molecule has 110 valence electrons. The van der Waals surface area contributed by atoms with E-state index in [-0.39, 0.29) is 5.91 Å². The van der Waals surface area contributed by atoms with E-state index in [9.17, 15) is 4.79 Å².